The van der Waals surface area contributed by atoms with Gasteiger partial charge in [-0.05, 0) is 50.3 Å². The largest absolute Gasteiger partial charge is 0.307 e. The molecule has 0 bridgehead atoms. The van der Waals surface area contributed by atoms with Crippen LogP contribution in [0.25, 0.3) is 0 Å². The third-order valence-electron chi connectivity index (χ3n) is 4.24. The molecule has 0 aromatic heterocycles. The van der Waals surface area contributed by atoms with E-state index in [9.17, 15) is 0 Å². The van der Waals surface area contributed by atoms with Gasteiger partial charge in [0.05, 0.1) is 0 Å². The molecule has 1 aromatic carbocycles. The second-order valence-corrected chi connectivity index (χ2v) is 6.06. The molecule has 2 rings (SSSR count). The van der Waals surface area contributed by atoms with Gasteiger partial charge in [0.25, 0.3) is 0 Å². The van der Waals surface area contributed by atoms with Crippen molar-refractivity contribution in [2.75, 3.05) is 0 Å². The molecule has 0 spiro atoms. The molecule has 100 valence electrons. The fourth-order valence-electron chi connectivity index (χ4n) is 3.01. The van der Waals surface area contributed by atoms with E-state index < -0.39 is 0 Å². The molecule has 1 aliphatic carbocycles. The fraction of sp³-hybridized carbons (Fsp3) is 0.625. The van der Waals surface area contributed by atoms with Crippen molar-refractivity contribution in [1.82, 2.24) is 5.32 Å². The van der Waals surface area contributed by atoms with Gasteiger partial charge in [0.1, 0.15) is 0 Å². The lowest BCUT2D eigenvalue weighted by Crippen LogP contribution is -2.36. The van der Waals surface area contributed by atoms with Crippen molar-refractivity contribution in [3.63, 3.8) is 0 Å². The molecule has 1 aliphatic rings. The van der Waals surface area contributed by atoms with E-state index in [0.29, 0.717) is 12.1 Å². The molecule has 18 heavy (non-hydrogen) atoms. The zero-order valence-electron chi connectivity index (χ0n) is 11.5. The van der Waals surface area contributed by atoms with Crippen LogP contribution >= 0.6 is 11.6 Å². The number of benzene rings is 1. The van der Waals surface area contributed by atoms with E-state index in [1.165, 1.54) is 37.7 Å². The maximum Gasteiger partial charge on any atom is 0.0406 e. The summed E-state index contributed by atoms with van der Waals surface area (Å²) in [7, 11) is 0. The third-order valence-corrected chi connectivity index (χ3v) is 4.49. The number of rotatable bonds is 4. The van der Waals surface area contributed by atoms with Crippen LogP contribution in [0.4, 0.5) is 0 Å². The molecule has 0 saturated heterocycles. The van der Waals surface area contributed by atoms with Crippen molar-refractivity contribution >= 4 is 11.6 Å². The summed E-state index contributed by atoms with van der Waals surface area (Å²) in [6, 6.07) is 9.19. The Hall–Kier alpha value is -0.530. The Morgan fingerprint density at radius 1 is 1.06 bits per heavy atom. The first-order chi connectivity index (χ1) is 8.66. The highest BCUT2D eigenvalue weighted by Gasteiger charge is 2.21. The summed E-state index contributed by atoms with van der Waals surface area (Å²) in [5, 5.41) is 4.55. The predicted molar refractivity (Wildman–Crippen MR) is 79.0 cm³/mol. The van der Waals surface area contributed by atoms with Crippen LogP contribution in [0, 0.1) is 5.92 Å². The van der Waals surface area contributed by atoms with Crippen LogP contribution in [0.3, 0.4) is 0 Å². The Labute approximate surface area is 116 Å². The topological polar surface area (TPSA) is 12.0 Å². The van der Waals surface area contributed by atoms with Gasteiger partial charge in [0.15, 0.2) is 0 Å². The summed E-state index contributed by atoms with van der Waals surface area (Å²) in [4.78, 5) is 0. The summed E-state index contributed by atoms with van der Waals surface area (Å²) in [5.41, 5.74) is 1.32. The quantitative estimate of drug-likeness (QED) is 0.811. The molecule has 0 heterocycles. The summed E-state index contributed by atoms with van der Waals surface area (Å²) in [6.45, 7) is 4.57. The predicted octanol–water partition coefficient (Wildman–Crippen LogP) is 4.96. The summed E-state index contributed by atoms with van der Waals surface area (Å²) >= 11 is 5.92. The zero-order valence-corrected chi connectivity index (χ0v) is 12.2. The molecule has 0 radical (unpaired) electrons. The van der Waals surface area contributed by atoms with Gasteiger partial charge in [-0.3, -0.25) is 0 Å². The summed E-state index contributed by atoms with van der Waals surface area (Å²) < 4.78 is 0. The van der Waals surface area contributed by atoms with Crippen LogP contribution in [0.1, 0.15) is 57.6 Å². The highest BCUT2D eigenvalue weighted by molar-refractivity contribution is 6.30. The van der Waals surface area contributed by atoms with Crippen molar-refractivity contribution in [2.45, 2.75) is 58.0 Å². The molecule has 1 aromatic rings. The molecule has 2 heteroatoms. The maximum atomic E-state index is 5.92. The Morgan fingerprint density at radius 2 is 1.67 bits per heavy atom. The summed E-state index contributed by atoms with van der Waals surface area (Å²) in [6.07, 6.45) is 7.02. The SMILES string of the molecule is CC(N[C@H](C)c1ccc(Cl)cc1)C1CCCCC1. The van der Waals surface area contributed by atoms with E-state index in [0.717, 1.165) is 10.9 Å². The standard InChI is InChI=1S/C16H24ClN/c1-12(14-6-4-3-5-7-14)18-13(2)15-8-10-16(17)11-9-15/h8-14,18H,3-7H2,1-2H3/t12?,13-/m1/s1. The first-order valence-electron chi connectivity index (χ1n) is 7.18. The van der Waals surface area contributed by atoms with Crippen LogP contribution in [-0.2, 0) is 0 Å². The minimum absolute atomic E-state index is 0.402. The third kappa shape index (κ3) is 3.73. The number of hydrogen-bond donors (Lipinski definition) is 1. The Morgan fingerprint density at radius 3 is 2.28 bits per heavy atom. The first kappa shape index (κ1) is 13.9. The van der Waals surface area contributed by atoms with E-state index in [2.05, 4.69) is 31.3 Å². The first-order valence-corrected chi connectivity index (χ1v) is 7.56. The van der Waals surface area contributed by atoms with E-state index in [-0.39, 0.29) is 0 Å². The normalized spacial score (nSPS) is 20.6. The molecule has 1 N–H and O–H groups in total. The highest BCUT2D eigenvalue weighted by atomic mass is 35.5. The van der Waals surface area contributed by atoms with E-state index >= 15 is 0 Å². The van der Waals surface area contributed by atoms with Crippen LogP contribution in [0.5, 0.6) is 0 Å². The monoisotopic (exact) mass is 265 g/mol. The Kier molecular flexibility index (Phi) is 5.08. The number of nitrogens with one attached hydrogen (secondary N) is 1. The summed E-state index contributed by atoms with van der Waals surface area (Å²) in [5.74, 6) is 0.855. The van der Waals surface area contributed by atoms with Gasteiger partial charge >= 0.3 is 0 Å². The van der Waals surface area contributed by atoms with E-state index in [1.807, 2.05) is 12.1 Å². The number of halogens is 1. The zero-order chi connectivity index (χ0) is 13.0. The second kappa shape index (κ2) is 6.58. The molecular formula is C16H24ClN. The average molecular weight is 266 g/mol. The lowest BCUT2D eigenvalue weighted by atomic mass is 9.84. The average Bonchev–Trinajstić information content (AvgIpc) is 2.40. The lowest BCUT2D eigenvalue weighted by molar-refractivity contribution is 0.268. The Bertz CT molecular complexity index is 354. The van der Waals surface area contributed by atoms with Crippen molar-refractivity contribution in [3.8, 4) is 0 Å². The van der Waals surface area contributed by atoms with Gasteiger partial charge in [-0.25, -0.2) is 0 Å². The van der Waals surface area contributed by atoms with Gasteiger partial charge in [-0.1, -0.05) is 43.0 Å². The van der Waals surface area contributed by atoms with Crippen molar-refractivity contribution in [3.05, 3.63) is 34.9 Å². The van der Waals surface area contributed by atoms with Gasteiger partial charge in [-0.15, -0.1) is 0 Å². The molecule has 1 saturated carbocycles. The van der Waals surface area contributed by atoms with E-state index in [1.54, 1.807) is 0 Å². The lowest BCUT2D eigenvalue weighted by Gasteiger charge is -2.30. The minimum atomic E-state index is 0.402. The Balaban J connectivity index is 1.89. The van der Waals surface area contributed by atoms with Crippen LogP contribution in [0.2, 0.25) is 5.02 Å². The van der Waals surface area contributed by atoms with Gasteiger partial charge in [-0.2, -0.15) is 0 Å². The minimum Gasteiger partial charge on any atom is -0.307 e. The van der Waals surface area contributed by atoms with Crippen LogP contribution in [-0.4, -0.2) is 6.04 Å². The molecule has 1 unspecified atom stereocenters. The van der Waals surface area contributed by atoms with Crippen LogP contribution in [0.15, 0.2) is 24.3 Å². The van der Waals surface area contributed by atoms with Crippen molar-refractivity contribution < 1.29 is 0 Å². The molecule has 0 aliphatic heterocycles. The molecule has 1 nitrogen and oxygen atoms in total. The van der Waals surface area contributed by atoms with Crippen LogP contribution < -0.4 is 5.32 Å². The smallest absolute Gasteiger partial charge is 0.0406 e. The van der Waals surface area contributed by atoms with Crippen molar-refractivity contribution in [1.29, 1.82) is 0 Å². The highest BCUT2D eigenvalue weighted by Crippen LogP contribution is 2.27. The van der Waals surface area contributed by atoms with Gasteiger partial charge in [0.2, 0.25) is 0 Å². The van der Waals surface area contributed by atoms with Gasteiger partial charge < -0.3 is 5.32 Å². The fourth-order valence-corrected chi connectivity index (χ4v) is 3.14. The molecule has 2 atom stereocenters. The second-order valence-electron chi connectivity index (χ2n) is 5.63. The molecule has 1 fully saturated rings. The van der Waals surface area contributed by atoms with Crippen molar-refractivity contribution in [2.24, 2.45) is 5.92 Å². The van der Waals surface area contributed by atoms with E-state index in [4.69, 9.17) is 11.6 Å². The molecular weight excluding hydrogens is 242 g/mol. The number of hydrogen-bond acceptors (Lipinski definition) is 1. The maximum absolute atomic E-state index is 5.92. The van der Waals surface area contributed by atoms with Gasteiger partial charge in [0, 0.05) is 17.1 Å². The molecule has 0 amide bonds.